The van der Waals surface area contributed by atoms with Crippen molar-refractivity contribution in [3.8, 4) is 0 Å². The minimum Gasteiger partial charge on any atom is -0.396 e. The molecule has 0 fully saturated rings. The maximum Gasteiger partial charge on any atom is 0.126 e. The molecule has 0 amide bonds. The van der Waals surface area contributed by atoms with Crippen molar-refractivity contribution < 1.29 is 19.8 Å². The van der Waals surface area contributed by atoms with Gasteiger partial charge in [-0.1, -0.05) is 0 Å². The van der Waals surface area contributed by atoms with Crippen LogP contribution in [0, 0.1) is 0 Å². The van der Waals surface area contributed by atoms with Crippen molar-refractivity contribution in [3.63, 3.8) is 0 Å². The maximum absolute atomic E-state index is 9.40. The number of aliphatic hydroxyl groups excluding tert-OH is 3. The van der Waals surface area contributed by atoms with Gasteiger partial charge >= 0.3 is 0 Å². The predicted molar refractivity (Wildman–Crippen MR) is 55.8 cm³/mol. The van der Waals surface area contributed by atoms with E-state index in [9.17, 15) is 5.11 Å². The van der Waals surface area contributed by atoms with E-state index in [4.69, 9.17) is 10.2 Å². The highest BCUT2D eigenvalue weighted by molar-refractivity contribution is 4.69. The second-order valence-corrected chi connectivity index (χ2v) is 4.99. The van der Waals surface area contributed by atoms with Crippen LogP contribution >= 0.6 is 0 Å². The zero-order chi connectivity index (χ0) is 11.4. The first-order valence-corrected chi connectivity index (χ1v) is 4.99. The molecule has 0 aromatic carbocycles. The van der Waals surface area contributed by atoms with Crippen LogP contribution in [-0.4, -0.2) is 65.3 Å². The van der Waals surface area contributed by atoms with Gasteiger partial charge in [0.25, 0.3) is 0 Å². The van der Waals surface area contributed by atoms with Gasteiger partial charge in [-0.05, 0) is 13.8 Å². The summed E-state index contributed by atoms with van der Waals surface area (Å²) in [6, 6.07) is 0. The number of nitrogens with zero attached hydrogens (tertiary/aromatic N) is 1. The van der Waals surface area contributed by atoms with Crippen LogP contribution in [0.3, 0.4) is 0 Å². The van der Waals surface area contributed by atoms with Gasteiger partial charge in [0, 0.05) is 13.0 Å². The van der Waals surface area contributed by atoms with Crippen molar-refractivity contribution in [2.45, 2.75) is 31.9 Å². The predicted octanol–water partition coefficient (Wildman–Crippen LogP) is -0.423. The van der Waals surface area contributed by atoms with Crippen LogP contribution in [0.5, 0.6) is 0 Å². The van der Waals surface area contributed by atoms with Crippen molar-refractivity contribution >= 4 is 0 Å². The average Bonchev–Trinajstić information content (AvgIpc) is 2.03. The number of quaternary nitrogens is 1. The lowest BCUT2D eigenvalue weighted by Crippen LogP contribution is -2.59. The third-order valence-corrected chi connectivity index (χ3v) is 3.24. The van der Waals surface area contributed by atoms with Crippen molar-refractivity contribution in [1.82, 2.24) is 0 Å². The summed E-state index contributed by atoms with van der Waals surface area (Å²) < 4.78 is 0.579. The minimum absolute atomic E-state index is 0.106. The first-order valence-electron chi connectivity index (χ1n) is 4.99. The number of aliphatic hydroxyl groups is 3. The lowest BCUT2D eigenvalue weighted by atomic mass is 9.96. The maximum atomic E-state index is 9.40. The third-order valence-electron chi connectivity index (χ3n) is 3.24. The lowest BCUT2D eigenvalue weighted by Gasteiger charge is -2.45. The average molecular weight is 206 g/mol. The van der Waals surface area contributed by atoms with E-state index < -0.39 is 6.10 Å². The summed E-state index contributed by atoms with van der Waals surface area (Å²) in [5, 5.41) is 27.1. The van der Waals surface area contributed by atoms with Crippen LogP contribution < -0.4 is 0 Å². The fraction of sp³-hybridized carbons (Fsp3) is 1.00. The van der Waals surface area contributed by atoms with Crippen LogP contribution in [0.15, 0.2) is 0 Å². The highest BCUT2D eigenvalue weighted by atomic mass is 16.3. The Morgan fingerprint density at radius 2 is 1.71 bits per heavy atom. The quantitative estimate of drug-likeness (QED) is 0.517. The van der Waals surface area contributed by atoms with Crippen LogP contribution in [-0.2, 0) is 0 Å². The molecule has 1 atom stereocenters. The van der Waals surface area contributed by atoms with E-state index in [1.165, 1.54) is 0 Å². The first-order chi connectivity index (χ1) is 6.27. The topological polar surface area (TPSA) is 60.7 Å². The van der Waals surface area contributed by atoms with E-state index in [1.54, 1.807) is 0 Å². The van der Waals surface area contributed by atoms with Crippen molar-refractivity contribution in [2.75, 3.05) is 33.9 Å². The molecule has 0 aromatic rings. The van der Waals surface area contributed by atoms with Gasteiger partial charge < -0.3 is 19.8 Å². The largest absolute Gasteiger partial charge is 0.396 e. The summed E-state index contributed by atoms with van der Waals surface area (Å²) in [6.45, 7) is 4.52. The van der Waals surface area contributed by atoms with E-state index in [0.717, 1.165) is 0 Å². The van der Waals surface area contributed by atoms with Crippen molar-refractivity contribution in [1.29, 1.82) is 0 Å². The Morgan fingerprint density at radius 3 is 2.07 bits per heavy atom. The summed E-state index contributed by atoms with van der Waals surface area (Å²) in [6.07, 6.45) is -0.0130. The van der Waals surface area contributed by atoms with Gasteiger partial charge in [-0.2, -0.15) is 0 Å². The van der Waals surface area contributed by atoms with Gasteiger partial charge in [0.2, 0.25) is 0 Å². The standard InChI is InChI=1S/C10H24NO3/c1-10(2,5-6-12)11(3,4)7-9(14)8-13/h9,12-14H,5-8H2,1-4H3/q+1. The number of hydrogen-bond donors (Lipinski definition) is 3. The molecule has 4 heteroatoms. The van der Waals surface area contributed by atoms with Gasteiger partial charge in [0.05, 0.1) is 26.2 Å². The van der Waals surface area contributed by atoms with E-state index >= 15 is 0 Å². The monoisotopic (exact) mass is 206 g/mol. The molecule has 0 aromatic heterocycles. The Labute approximate surface area is 86.4 Å². The molecule has 0 saturated heterocycles. The fourth-order valence-electron chi connectivity index (χ4n) is 1.41. The number of likely N-dealkylation sites (N-methyl/N-ethyl adjacent to an activating group) is 1. The van der Waals surface area contributed by atoms with E-state index in [0.29, 0.717) is 17.4 Å². The fourth-order valence-corrected chi connectivity index (χ4v) is 1.41. The van der Waals surface area contributed by atoms with Crippen LogP contribution in [0.4, 0.5) is 0 Å². The molecular weight excluding hydrogens is 182 g/mol. The smallest absolute Gasteiger partial charge is 0.126 e. The van der Waals surface area contributed by atoms with Crippen LogP contribution in [0.1, 0.15) is 20.3 Å². The molecule has 0 heterocycles. The molecule has 0 bridgehead atoms. The molecule has 0 spiro atoms. The molecule has 0 radical (unpaired) electrons. The van der Waals surface area contributed by atoms with Crippen molar-refractivity contribution in [3.05, 3.63) is 0 Å². The van der Waals surface area contributed by atoms with E-state index in [2.05, 4.69) is 0 Å². The zero-order valence-corrected chi connectivity index (χ0v) is 9.69. The van der Waals surface area contributed by atoms with E-state index in [1.807, 2.05) is 27.9 Å². The van der Waals surface area contributed by atoms with Gasteiger partial charge in [0.15, 0.2) is 0 Å². The molecule has 0 aliphatic heterocycles. The van der Waals surface area contributed by atoms with Crippen LogP contribution in [0.25, 0.3) is 0 Å². The molecule has 0 saturated carbocycles. The van der Waals surface area contributed by atoms with Gasteiger partial charge in [-0.3, -0.25) is 0 Å². The third kappa shape index (κ3) is 3.53. The second-order valence-electron chi connectivity index (χ2n) is 4.99. The zero-order valence-electron chi connectivity index (χ0n) is 9.69. The molecule has 1 unspecified atom stereocenters. The minimum atomic E-state index is -0.692. The SMILES string of the molecule is CC(C)(CCO)[N+](C)(C)CC(O)CO. The molecule has 0 aliphatic rings. The summed E-state index contributed by atoms with van der Waals surface area (Å²) in [4.78, 5) is 0. The lowest BCUT2D eigenvalue weighted by molar-refractivity contribution is -0.941. The Bertz CT molecular complexity index is 169. The molecule has 3 N–H and O–H groups in total. The molecule has 0 rings (SSSR count). The first kappa shape index (κ1) is 13.8. The van der Waals surface area contributed by atoms with Gasteiger partial charge in [0.1, 0.15) is 12.6 Å². The van der Waals surface area contributed by atoms with E-state index in [-0.39, 0.29) is 18.8 Å². The summed E-state index contributed by atoms with van der Waals surface area (Å²) >= 11 is 0. The highest BCUT2D eigenvalue weighted by Crippen LogP contribution is 2.23. The summed E-state index contributed by atoms with van der Waals surface area (Å²) in [5.41, 5.74) is -0.106. The highest BCUT2D eigenvalue weighted by Gasteiger charge is 2.37. The Balaban J connectivity index is 4.42. The molecule has 4 nitrogen and oxygen atoms in total. The molecule has 0 aliphatic carbocycles. The molecule has 14 heavy (non-hydrogen) atoms. The summed E-state index contributed by atoms with van der Waals surface area (Å²) in [7, 11) is 3.99. The molecule has 86 valence electrons. The Kier molecular flexibility index (Phi) is 5.01. The number of hydrogen-bond acceptors (Lipinski definition) is 3. The normalized spacial score (nSPS) is 15.6. The molecular formula is C10H24NO3+. The van der Waals surface area contributed by atoms with Crippen molar-refractivity contribution in [2.24, 2.45) is 0 Å². The Morgan fingerprint density at radius 1 is 1.21 bits per heavy atom. The Hall–Kier alpha value is -0.160. The van der Waals surface area contributed by atoms with Gasteiger partial charge in [-0.15, -0.1) is 0 Å². The number of rotatable bonds is 6. The summed E-state index contributed by atoms with van der Waals surface area (Å²) in [5.74, 6) is 0. The second kappa shape index (κ2) is 5.07. The van der Waals surface area contributed by atoms with Crippen LogP contribution in [0.2, 0.25) is 0 Å². The van der Waals surface area contributed by atoms with Gasteiger partial charge in [-0.25, -0.2) is 0 Å².